The molecule has 1 saturated heterocycles. The smallest absolute Gasteiger partial charge is 0.339 e. The van der Waals surface area contributed by atoms with E-state index in [0.29, 0.717) is 0 Å². The third-order valence-corrected chi connectivity index (χ3v) is 4.24. The Morgan fingerprint density at radius 2 is 1.88 bits per heavy atom. The van der Waals surface area contributed by atoms with Crippen LogP contribution in [0.4, 0.5) is 18.0 Å². The number of hydrogen-bond acceptors (Lipinski definition) is 3. The first kappa shape index (κ1) is 19.0. The lowest BCUT2D eigenvalue weighted by atomic mass is 10.0. The van der Waals surface area contributed by atoms with Crippen molar-refractivity contribution in [2.45, 2.75) is 46.5 Å². The summed E-state index contributed by atoms with van der Waals surface area (Å²) < 4.78 is 38.9. The Morgan fingerprint density at radius 3 is 2.36 bits per heavy atom. The number of carbonyl (C=O) groups is 3. The quantitative estimate of drug-likeness (QED) is 0.648. The molecule has 1 atom stereocenters. The predicted molar refractivity (Wildman–Crippen MR) is 83.2 cm³/mol. The normalized spacial score (nSPS) is 18.2. The van der Waals surface area contributed by atoms with Crippen molar-refractivity contribution in [3.63, 3.8) is 0 Å². The second-order valence-corrected chi connectivity index (χ2v) is 6.50. The minimum atomic E-state index is -4.41. The number of aryl methyl sites for hydroxylation is 1. The van der Waals surface area contributed by atoms with Crippen LogP contribution in [0.25, 0.3) is 0 Å². The number of nitrogens with one attached hydrogen (secondary N) is 1. The summed E-state index contributed by atoms with van der Waals surface area (Å²) >= 11 is 0. The fourth-order valence-electron chi connectivity index (χ4n) is 2.88. The van der Waals surface area contributed by atoms with Gasteiger partial charge in [0.25, 0.3) is 5.91 Å². The van der Waals surface area contributed by atoms with Gasteiger partial charge in [-0.05, 0) is 25.8 Å². The molecule has 0 radical (unpaired) electrons. The van der Waals surface area contributed by atoms with Crippen molar-refractivity contribution in [1.82, 2.24) is 14.8 Å². The summed E-state index contributed by atoms with van der Waals surface area (Å²) in [6.45, 7) is 4.71. The topological polar surface area (TPSA) is 71.4 Å². The van der Waals surface area contributed by atoms with Crippen LogP contribution < -0.4 is 5.32 Å². The highest BCUT2D eigenvalue weighted by molar-refractivity contribution is 6.09. The van der Waals surface area contributed by atoms with E-state index in [4.69, 9.17) is 0 Å². The van der Waals surface area contributed by atoms with Gasteiger partial charge >= 0.3 is 12.2 Å². The van der Waals surface area contributed by atoms with Crippen molar-refractivity contribution in [2.24, 2.45) is 5.92 Å². The lowest BCUT2D eigenvalue weighted by molar-refractivity contribution is -0.141. The van der Waals surface area contributed by atoms with E-state index < -0.39 is 43.0 Å². The molecule has 2 rings (SSSR count). The molecule has 1 aromatic rings. The molecule has 1 aliphatic heterocycles. The van der Waals surface area contributed by atoms with Crippen molar-refractivity contribution in [2.75, 3.05) is 6.54 Å². The first-order valence-electron chi connectivity index (χ1n) is 7.81. The Labute approximate surface area is 143 Å². The predicted octanol–water partition coefficient (Wildman–Crippen LogP) is 2.43. The minimum Gasteiger partial charge on any atom is -0.339 e. The van der Waals surface area contributed by atoms with Crippen LogP contribution in [0, 0.1) is 19.8 Å². The fourth-order valence-corrected chi connectivity index (χ4v) is 2.88. The van der Waals surface area contributed by atoms with Crippen LogP contribution in [0.5, 0.6) is 0 Å². The van der Waals surface area contributed by atoms with Gasteiger partial charge in [0.1, 0.15) is 12.6 Å². The zero-order valence-corrected chi connectivity index (χ0v) is 14.4. The van der Waals surface area contributed by atoms with Gasteiger partial charge in [0.2, 0.25) is 0 Å². The van der Waals surface area contributed by atoms with Crippen LogP contribution in [-0.2, 0) is 11.3 Å². The molecule has 1 N–H and O–H groups in total. The van der Waals surface area contributed by atoms with Gasteiger partial charge in [-0.25, -0.2) is 4.79 Å². The largest absolute Gasteiger partial charge is 0.406 e. The SMILES string of the molecule is Cc1cc(C(=O)CN2C(=O)NC(C(C)C)C2=O)c(C)n1CC(F)(F)F. The van der Waals surface area contributed by atoms with Crippen LogP contribution in [0.1, 0.15) is 35.6 Å². The average molecular weight is 359 g/mol. The summed E-state index contributed by atoms with van der Waals surface area (Å²) in [5, 5.41) is 2.50. The van der Waals surface area contributed by atoms with Gasteiger partial charge in [0.05, 0.1) is 6.54 Å². The van der Waals surface area contributed by atoms with E-state index in [-0.39, 0.29) is 22.9 Å². The molecule has 0 saturated carbocycles. The molecule has 0 aromatic carbocycles. The number of aromatic nitrogens is 1. The molecule has 2 heterocycles. The van der Waals surface area contributed by atoms with Crippen LogP contribution in [0.15, 0.2) is 6.07 Å². The number of urea groups is 1. The molecular formula is C16H20F3N3O3. The Kier molecular flexibility index (Phi) is 4.97. The molecule has 1 fully saturated rings. The van der Waals surface area contributed by atoms with Crippen LogP contribution in [0.3, 0.4) is 0 Å². The molecule has 0 aliphatic carbocycles. The van der Waals surface area contributed by atoms with Crippen molar-refractivity contribution in [3.05, 3.63) is 23.0 Å². The maximum atomic E-state index is 12.6. The number of imide groups is 1. The highest BCUT2D eigenvalue weighted by Crippen LogP contribution is 2.24. The van der Waals surface area contributed by atoms with Crippen molar-refractivity contribution < 1.29 is 27.6 Å². The van der Waals surface area contributed by atoms with E-state index in [9.17, 15) is 27.6 Å². The third-order valence-electron chi connectivity index (χ3n) is 4.24. The Bertz CT molecular complexity index is 722. The fraction of sp³-hybridized carbons (Fsp3) is 0.562. The highest BCUT2D eigenvalue weighted by Gasteiger charge is 2.40. The summed E-state index contributed by atoms with van der Waals surface area (Å²) in [6, 6.07) is -0.0129. The van der Waals surface area contributed by atoms with Gasteiger partial charge in [-0.15, -0.1) is 0 Å². The molecule has 138 valence electrons. The summed E-state index contributed by atoms with van der Waals surface area (Å²) in [7, 11) is 0. The van der Waals surface area contributed by atoms with Gasteiger partial charge in [0.15, 0.2) is 5.78 Å². The molecular weight excluding hydrogens is 339 g/mol. The Balaban J connectivity index is 2.21. The second kappa shape index (κ2) is 6.53. The monoisotopic (exact) mass is 359 g/mol. The summed E-state index contributed by atoms with van der Waals surface area (Å²) in [5.41, 5.74) is 0.526. The van der Waals surface area contributed by atoms with Gasteiger partial charge in [-0.3, -0.25) is 14.5 Å². The van der Waals surface area contributed by atoms with Gasteiger partial charge in [0, 0.05) is 17.0 Å². The van der Waals surface area contributed by atoms with E-state index in [0.717, 1.165) is 9.47 Å². The third kappa shape index (κ3) is 3.85. The number of amides is 3. The molecule has 3 amide bonds. The molecule has 9 heteroatoms. The molecule has 1 unspecified atom stereocenters. The lowest BCUT2D eigenvalue weighted by Gasteiger charge is -2.14. The number of alkyl halides is 3. The van der Waals surface area contributed by atoms with Crippen molar-refractivity contribution in [1.29, 1.82) is 0 Å². The van der Waals surface area contributed by atoms with Crippen LogP contribution in [-0.4, -0.2) is 46.0 Å². The lowest BCUT2D eigenvalue weighted by Crippen LogP contribution is -2.37. The van der Waals surface area contributed by atoms with E-state index in [1.807, 2.05) is 0 Å². The van der Waals surface area contributed by atoms with Gasteiger partial charge in [-0.2, -0.15) is 13.2 Å². The number of hydrogen-bond donors (Lipinski definition) is 1. The van der Waals surface area contributed by atoms with E-state index >= 15 is 0 Å². The summed E-state index contributed by atoms with van der Waals surface area (Å²) in [6.07, 6.45) is -4.41. The van der Waals surface area contributed by atoms with Gasteiger partial charge < -0.3 is 9.88 Å². The molecule has 0 spiro atoms. The minimum absolute atomic E-state index is 0.0790. The standard InChI is InChI=1S/C16H20F3N3O3/c1-8(2)13-14(24)21(15(25)20-13)6-12(23)11-5-9(3)22(10(11)4)7-16(17,18)19/h5,8,13H,6-7H2,1-4H3,(H,20,25). The van der Waals surface area contributed by atoms with Crippen molar-refractivity contribution in [3.8, 4) is 0 Å². The highest BCUT2D eigenvalue weighted by atomic mass is 19.4. The number of ketones is 1. The number of halogens is 3. The summed E-state index contributed by atoms with van der Waals surface area (Å²) in [5.74, 6) is -1.21. The van der Waals surface area contributed by atoms with Crippen LogP contribution in [0.2, 0.25) is 0 Å². The summed E-state index contributed by atoms with van der Waals surface area (Å²) in [4.78, 5) is 37.4. The van der Waals surface area contributed by atoms with Crippen LogP contribution >= 0.6 is 0 Å². The van der Waals surface area contributed by atoms with E-state index in [2.05, 4.69) is 5.32 Å². The first-order valence-corrected chi connectivity index (χ1v) is 7.81. The maximum absolute atomic E-state index is 12.6. The number of Topliss-reactive ketones (excluding diaryl/α,β-unsaturated/α-hetero) is 1. The Morgan fingerprint density at radius 1 is 1.28 bits per heavy atom. The number of carbonyl (C=O) groups excluding carboxylic acids is 3. The van der Waals surface area contributed by atoms with Crippen molar-refractivity contribution >= 4 is 17.7 Å². The molecule has 25 heavy (non-hydrogen) atoms. The molecule has 1 aliphatic rings. The number of nitrogens with zero attached hydrogens (tertiary/aromatic N) is 2. The van der Waals surface area contributed by atoms with E-state index in [1.54, 1.807) is 13.8 Å². The second-order valence-electron chi connectivity index (χ2n) is 6.50. The Hall–Kier alpha value is -2.32. The van der Waals surface area contributed by atoms with Gasteiger partial charge in [-0.1, -0.05) is 13.8 Å². The average Bonchev–Trinajstić information content (AvgIpc) is 2.90. The maximum Gasteiger partial charge on any atom is 0.406 e. The zero-order chi connectivity index (χ0) is 19.1. The van der Waals surface area contributed by atoms with E-state index in [1.165, 1.54) is 19.9 Å². The number of rotatable bonds is 5. The molecule has 6 nitrogen and oxygen atoms in total. The first-order chi connectivity index (χ1) is 11.4. The zero-order valence-electron chi connectivity index (χ0n) is 14.4. The molecule has 0 bridgehead atoms. The molecule has 1 aromatic heterocycles.